The predicted molar refractivity (Wildman–Crippen MR) is 67.6 cm³/mol. The summed E-state index contributed by atoms with van der Waals surface area (Å²) in [6, 6.07) is 0. The van der Waals surface area contributed by atoms with E-state index in [0.29, 0.717) is 11.9 Å². The number of allylic oxidation sites excluding steroid dienone is 4. The third kappa shape index (κ3) is 3.76. The van der Waals surface area contributed by atoms with Crippen molar-refractivity contribution >= 4 is 35.3 Å². The number of ketones is 1. The van der Waals surface area contributed by atoms with Gasteiger partial charge in [-0.25, -0.2) is 0 Å². The van der Waals surface area contributed by atoms with Gasteiger partial charge < -0.3 is 0 Å². The number of aldehydes is 1. The second-order valence-corrected chi connectivity index (χ2v) is 4.60. The molecule has 0 spiro atoms. The molecule has 0 amide bonds. The van der Waals surface area contributed by atoms with Crippen molar-refractivity contribution in [1.29, 1.82) is 0 Å². The largest absolute Gasteiger partial charge is 0.297 e. The van der Waals surface area contributed by atoms with Gasteiger partial charge >= 0.3 is 0 Å². The van der Waals surface area contributed by atoms with Crippen LogP contribution in [0.3, 0.4) is 0 Å². The normalized spacial score (nSPS) is 14.4. The van der Waals surface area contributed by atoms with Crippen LogP contribution in [-0.4, -0.2) is 12.1 Å². The molecule has 0 aliphatic heterocycles. The second-order valence-electron chi connectivity index (χ2n) is 3.81. The Morgan fingerprint density at radius 1 is 1.31 bits per heavy atom. The van der Waals surface area contributed by atoms with E-state index in [1.807, 2.05) is 27.7 Å². The molecule has 16 heavy (non-hydrogen) atoms. The lowest BCUT2D eigenvalue weighted by molar-refractivity contribution is -0.112. The highest BCUT2D eigenvalue weighted by atomic mass is 35.5. The predicted octanol–water partition coefficient (Wildman–Crippen LogP) is 3.83. The van der Waals surface area contributed by atoms with E-state index < -0.39 is 0 Å². The number of hydrogen-bond donors (Lipinski definition) is 0. The number of hydrogen-bond acceptors (Lipinski definition) is 2. The highest BCUT2D eigenvalue weighted by Crippen LogP contribution is 2.25. The molecule has 0 rings (SSSR count). The maximum Gasteiger partial charge on any atom is 0.202 e. The first kappa shape index (κ1) is 15.4. The topological polar surface area (TPSA) is 34.1 Å². The molecule has 4 heteroatoms. The molecule has 0 saturated carbocycles. The Kier molecular flexibility index (Phi) is 6.61. The minimum absolute atomic E-state index is 0.0531. The maximum absolute atomic E-state index is 12.0. The van der Waals surface area contributed by atoms with E-state index in [-0.39, 0.29) is 21.8 Å². The van der Waals surface area contributed by atoms with Crippen LogP contribution in [0, 0.1) is 5.92 Å². The van der Waals surface area contributed by atoms with Gasteiger partial charge in [-0.1, -0.05) is 49.5 Å². The standard InChI is InChI=1S/C12H16Cl2O2/c1-5-8(4)10(7(2)3)12(16)11(14)9(13)6-15/h6-7H,5H2,1-4H3/b10-8+,11-9-. The molecule has 0 heterocycles. The monoisotopic (exact) mass is 262 g/mol. The van der Waals surface area contributed by atoms with Crippen LogP contribution in [0.2, 0.25) is 0 Å². The summed E-state index contributed by atoms with van der Waals surface area (Å²) in [6.45, 7) is 7.66. The average Bonchev–Trinajstić information content (AvgIpc) is 2.26. The van der Waals surface area contributed by atoms with Crippen molar-refractivity contribution in [3.8, 4) is 0 Å². The Hall–Kier alpha value is -0.600. The molecular formula is C12H16Cl2O2. The van der Waals surface area contributed by atoms with Crippen LogP contribution < -0.4 is 0 Å². The smallest absolute Gasteiger partial charge is 0.202 e. The zero-order valence-electron chi connectivity index (χ0n) is 9.93. The lowest BCUT2D eigenvalue weighted by atomic mass is 9.92. The molecule has 90 valence electrons. The Morgan fingerprint density at radius 3 is 2.12 bits per heavy atom. The zero-order valence-corrected chi connectivity index (χ0v) is 11.4. The van der Waals surface area contributed by atoms with E-state index in [1.54, 1.807) is 0 Å². The van der Waals surface area contributed by atoms with E-state index >= 15 is 0 Å². The van der Waals surface area contributed by atoms with Crippen LogP contribution in [0.4, 0.5) is 0 Å². The fraction of sp³-hybridized carbons (Fsp3) is 0.500. The van der Waals surface area contributed by atoms with E-state index in [2.05, 4.69) is 0 Å². The second kappa shape index (κ2) is 6.87. The summed E-state index contributed by atoms with van der Waals surface area (Å²) < 4.78 is 0. The summed E-state index contributed by atoms with van der Waals surface area (Å²) in [6.07, 6.45) is 1.14. The molecular weight excluding hydrogens is 247 g/mol. The SMILES string of the molecule is CC/C(C)=C(/C(=O)/C(Cl)=C(/Cl)C=O)C(C)C. The zero-order chi connectivity index (χ0) is 12.9. The van der Waals surface area contributed by atoms with E-state index in [9.17, 15) is 9.59 Å². The van der Waals surface area contributed by atoms with Gasteiger partial charge in [0, 0.05) is 5.57 Å². The first-order valence-corrected chi connectivity index (χ1v) is 5.87. The van der Waals surface area contributed by atoms with E-state index in [1.165, 1.54) is 0 Å². The van der Waals surface area contributed by atoms with Crippen LogP contribution in [0.5, 0.6) is 0 Å². The number of carbonyl (C=O) groups is 2. The minimum Gasteiger partial charge on any atom is -0.297 e. The molecule has 0 bridgehead atoms. The quantitative estimate of drug-likeness (QED) is 0.558. The Labute approximate surface area is 106 Å². The summed E-state index contributed by atoms with van der Waals surface area (Å²) in [5, 5.41) is -0.443. The van der Waals surface area contributed by atoms with Gasteiger partial charge in [0.25, 0.3) is 0 Å². The fourth-order valence-electron chi connectivity index (χ4n) is 1.42. The highest BCUT2D eigenvalue weighted by Gasteiger charge is 2.21. The van der Waals surface area contributed by atoms with Gasteiger partial charge in [0.2, 0.25) is 5.78 Å². The molecule has 0 unspecified atom stereocenters. The third-order valence-electron chi connectivity index (χ3n) is 2.32. The highest BCUT2D eigenvalue weighted by molar-refractivity contribution is 6.53. The summed E-state index contributed by atoms with van der Waals surface area (Å²) in [4.78, 5) is 22.4. The van der Waals surface area contributed by atoms with Crippen molar-refractivity contribution in [1.82, 2.24) is 0 Å². The van der Waals surface area contributed by atoms with Crippen LogP contribution in [-0.2, 0) is 9.59 Å². The molecule has 0 saturated heterocycles. The molecule has 0 N–H and O–H groups in total. The number of carbonyl (C=O) groups excluding carboxylic acids is 2. The van der Waals surface area contributed by atoms with Crippen molar-refractivity contribution in [2.45, 2.75) is 34.1 Å². The maximum atomic E-state index is 12.0. The lowest BCUT2D eigenvalue weighted by Gasteiger charge is -2.13. The fourth-order valence-corrected chi connectivity index (χ4v) is 1.65. The van der Waals surface area contributed by atoms with Crippen molar-refractivity contribution < 1.29 is 9.59 Å². The molecule has 2 nitrogen and oxygen atoms in total. The summed E-state index contributed by atoms with van der Waals surface area (Å²) in [5.41, 5.74) is 1.60. The van der Waals surface area contributed by atoms with E-state index in [4.69, 9.17) is 23.2 Å². The molecule has 0 atom stereocenters. The number of halogens is 2. The third-order valence-corrected chi connectivity index (χ3v) is 3.07. The van der Waals surface area contributed by atoms with Crippen LogP contribution in [0.15, 0.2) is 21.2 Å². The van der Waals surface area contributed by atoms with Crippen LogP contribution in [0.25, 0.3) is 0 Å². The minimum atomic E-state index is -0.354. The van der Waals surface area contributed by atoms with Crippen molar-refractivity contribution in [2.75, 3.05) is 0 Å². The number of rotatable bonds is 5. The summed E-state index contributed by atoms with van der Waals surface area (Å²) in [7, 11) is 0. The lowest BCUT2D eigenvalue weighted by Crippen LogP contribution is -2.12. The first-order valence-electron chi connectivity index (χ1n) is 5.11. The van der Waals surface area contributed by atoms with Crippen molar-refractivity contribution in [3.05, 3.63) is 21.2 Å². The molecule has 0 aliphatic rings. The molecule has 0 fully saturated rings. The van der Waals surface area contributed by atoms with Crippen molar-refractivity contribution in [3.63, 3.8) is 0 Å². The van der Waals surface area contributed by atoms with Gasteiger partial charge in [0.05, 0.1) is 0 Å². The van der Waals surface area contributed by atoms with Crippen molar-refractivity contribution in [2.24, 2.45) is 5.92 Å². The molecule has 0 aromatic rings. The molecule has 0 radical (unpaired) electrons. The van der Waals surface area contributed by atoms with Gasteiger partial charge in [-0.2, -0.15) is 0 Å². The van der Waals surface area contributed by atoms with Gasteiger partial charge in [-0.3, -0.25) is 9.59 Å². The van der Waals surface area contributed by atoms with Gasteiger partial charge in [0.1, 0.15) is 10.1 Å². The van der Waals surface area contributed by atoms with E-state index in [0.717, 1.165) is 12.0 Å². The summed E-state index contributed by atoms with van der Waals surface area (Å²) >= 11 is 11.3. The molecule has 0 aliphatic carbocycles. The van der Waals surface area contributed by atoms with Crippen LogP contribution >= 0.6 is 23.2 Å². The molecule has 0 aromatic heterocycles. The first-order chi connectivity index (χ1) is 7.36. The Bertz CT molecular complexity index is 352. The Balaban J connectivity index is 5.47. The van der Waals surface area contributed by atoms with Gasteiger partial charge in [-0.05, 0) is 19.3 Å². The average molecular weight is 263 g/mol. The molecule has 0 aromatic carbocycles. The number of Topliss-reactive ketones (excluding diaryl/α,β-unsaturated/α-hetero) is 1. The Morgan fingerprint density at radius 2 is 1.81 bits per heavy atom. The van der Waals surface area contributed by atoms with Gasteiger partial charge in [0.15, 0.2) is 6.29 Å². The summed E-state index contributed by atoms with van der Waals surface area (Å²) in [5.74, 6) is -0.301. The van der Waals surface area contributed by atoms with Gasteiger partial charge in [-0.15, -0.1) is 0 Å². The van der Waals surface area contributed by atoms with Crippen LogP contribution in [0.1, 0.15) is 34.1 Å².